The normalized spacial score (nSPS) is 39.7. The van der Waals surface area contributed by atoms with Gasteiger partial charge in [0, 0.05) is 43.2 Å². The average molecular weight is 533 g/mol. The van der Waals surface area contributed by atoms with Crippen LogP contribution in [0.3, 0.4) is 0 Å². The van der Waals surface area contributed by atoms with Gasteiger partial charge in [-0.25, -0.2) is 4.98 Å². The molecule has 8 heteroatoms. The van der Waals surface area contributed by atoms with Crippen molar-refractivity contribution in [2.75, 3.05) is 31.2 Å². The number of hydrogen-bond acceptors (Lipinski definition) is 6. The molecule has 1 aromatic heterocycles. The second-order valence-electron chi connectivity index (χ2n) is 14.0. The number of carbonyl (C=O) groups is 1. The van der Waals surface area contributed by atoms with Crippen molar-refractivity contribution in [2.45, 2.75) is 82.5 Å². The van der Waals surface area contributed by atoms with Gasteiger partial charge in [-0.2, -0.15) is 0 Å². The first-order valence-corrected chi connectivity index (χ1v) is 15.2. The van der Waals surface area contributed by atoms with E-state index < -0.39 is 5.97 Å². The fraction of sp³-hybridized carbons (Fsp3) is 0.710. The number of morpholine rings is 1. The number of ether oxygens (including phenoxy) is 1. The molecule has 6 fully saturated rings. The summed E-state index contributed by atoms with van der Waals surface area (Å²) in [4.78, 5) is 34.8. The van der Waals surface area contributed by atoms with Crippen molar-refractivity contribution in [3.63, 3.8) is 0 Å². The Balaban J connectivity index is 1.09. The van der Waals surface area contributed by atoms with Crippen molar-refractivity contribution in [3.05, 3.63) is 34.6 Å². The van der Waals surface area contributed by atoms with Crippen LogP contribution in [0.5, 0.6) is 0 Å². The van der Waals surface area contributed by atoms with E-state index >= 15 is 0 Å². The van der Waals surface area contributed by atoms with Crippen LogP contribution >= 0.6 is 0 Å². The van der Waals surface area contributed by atoms with Crippen molar-refractivity contribution >= 4 is 22.8 Å². The van der Waals surface area contributed by atoms with Gasteiger partial charge in [-0.05, 0) is 80.2 Å². The molecular formula is C31H40N4O4. The van der Waals surface area contributed by atoms with Crippen LogP contribution in [-0.4, -0.2) is 70.0 Å². The Hall–Kier alpha value is -2.45. The molecule has 8 nitrogen and oxygen atoms in total. The fourth-order valence-electron chi connectivity index (χ4n) is 10.0. The molecule has 1 aromatic carbocycles. The SMILES string of the molecule is CC12C[C@H]3C[C@@H](N4[C@@H]5COC[C@H]4C[C@@H](n4c(=O)c(N6CC(CC(=O)O)C6)nc6ccccc64)C5)C[C@@H]1C[C@@H]2C3. The highest BCUT2D eigenvalue weighted by Crippen LogP contribution is 2.67. The lowest BCUT2D eigenvalue weighted by atomic mass is 9.54. The summed E-state index contributed by atoms with van der Waals surface area (Å²) in [5.41, 5.74) is 2.32. The van der Waals surface area contributed by atoms with Crippen molar-refractivity contribution in [1.29, 1.82) is 0 Å². The minimum atomic E-state index is -0.781. The van der Waals surface area contributed by atoms with E-state index in [0.717, 1.165) is 54.8 Å². The molecule has 8 rings (SSSR count). The number of fused-ring (bicyclic) bond motifs is 4. The fourth-order valence-corrected chi connectivity index (χ4v) is 10.0. The number of para-hydroxylation sites is 2. The van der Waals surface area contributed by atoms with E-state index in [9.17, 15) is 14.7 Å². The number of piperidine rings is 1. The monoisotopic (exact) mass is 532 g/mol. The molecule has 0 radical (unpaired) electrons. The van der Waals surface area contributed by atoms with Gasteiger partial charge in [0.05, 0.1) is 30.7 Å². The third-order valence-electron chi connectivity index (χ3n) is 11.8. The van der Waals surface area contributed by atoms with E-state index in [1.54, 1.807) is 0 Å². The predicted octanol–water partition coefficient (Wildman–Crippen LogP) is 3.93. The Bertz CT molecular complexity index is 1360. The molecule has 1 N–H and O–H groups in total. The number of carboxylic acids is 1. The standard InChI is InChI=1S/C31H40N4O4/c1-31-13-18-6-20(31)9-21(31)10-22(7-18)34-24-11-23(12-25(34)17-39-16-24)35-27-5-3-2-4-26(27)32-29(30(35)38)33-14-19(15-33)8-28(36)37/h2-5,18-25H,6-17H2,1H3,(H,36,37)/t18-,20+,21+,22-,23-,24-,25+,31?/m1/s1. The molecule has 6 aliphatic rings. The van der Waals surface area contributed by atoms with E-state index in [1.807, 2.05) is 33.7 Å². The molecule has 3 saturated carbocycles. The quantitative estimate of drug-likeness (QED) is 0.624. The number of rotatable bonds is 5. The van der Waals surface area contributed by atoms with E-state index in [2.05, 4.69) is 11.8 Å². The number of hydrogen-bond donors (Lipinski definition) is 1. The van der Waals surface area contributed by atoms with Gasteiger partial charge >= 0.3 is 5.97 Å². The summed E-state index contributed by atoms with van der Waals surface area (Å²) in [5.74, 6) is 2.52. The van der Waals surface area contributed by atoms with Gasteiger partial charge in [0.2, 0.25) is 0 Å². The van der Waals surface area contributed by atoms with Crippen LogP contribution in [0.1, 0.15) is 64.3 Å². The molecular weight excluding hydrogens is 492 g/mol. The van der Waals surface area contributed by atoms with Crippen LogP contribution in [-0.2, 0) is 9.53 Å². The topological polar surface area (TPSA) is 87.9 Å². The van der Waals surface area contributed by atoms with Crippen LogP contribution in [0.15, 0.2) is 29.1 Å². The minimum absolute atomic E-state index is 0.0277. The maximum Gasteiger partial charge on any atom is 0.303 e. The highest BCUT2D eigenvalue weighted by atomic mass is 16.5. The van der Waals surface area contributed by atoms with Crippen LogP contribution in [0.2, 0.25) is 0 Å². The third kappa shape index (κ3) is 3.73. The van der Waals surface area contributed by atoms with Gasteiger partial charge in [-0.3, -0.25) is 14.5 Å². The summed E-state index contributed by atoms with van der Waals surface area (Å²) in [6.07, 6.45) is 9.00. The zero-order valence-corrected chi connectivity index (χ0v) is 22.9. The summed E-state index contributed by atoms with van der Waals surface area (Å²) in [7, 11) is 0. The number of nitrogens with zero attached hydrogens (tertiary/aromatic N) is 4. The molecule has 8 atom stereocenters. The lowest BCUT2D eigenvalue weighted by Gasteiger charge is -2.56. The highest BCUT2D eigenvalue weighted by Gasteiger charge is 2.60. The maximum absolute atomic E-state index is 14.1. The molecule has 208 valence electrons. The molecule has 3 saturated heterocycles. The van der Waals surface area contributed by atoms with Crippen molar-refractivity contribution in [1.82, 2.24) is 14.5 Å². The van der Waals surface area contributed by atoms with E-state index in [4.69, 9.17) is 9.72 Å². The Morgan fingerprint density at radius 2 is 1.74 bits per heavy atom. The zero-order chi connectivity index (χ0) is 26.5. The van der Waals surface area contributed by atoms with E-state index in [0.29, 0.717) is 42.4 Å². The van der Waals surface area contributed by atoms with Gasteiger partial charge in [0.1, 0.15) is 0 Å². The molecule has 4 bridgehead atoms. The molecule has 39 heavy (non-hydrogen) atoms. The number of carboxylic acid groups (broad SMARTS) is 1. The molecule has 3 aliphatic heterocycles. The maximum atomic E-state index is 14.1. The van der Waals surface area contributed by atoms with Crippen molar-refractivity contribution < 1.29 is 14.6 Å². The summed E-state index contributed by atoms with van der Waals surface area (Å²) in [6.45, 7) is 5.24. The first-order chi connectivity index (χ1) is 18.9. The molecule has 2 aromatic rings. The van der Waals surface area contributed by atoms with E-state index in [1.165, 1.54) is 32.1 Å². The Morgan fingerprint density at radius 3 is 2.51 bits per heavy atom. The Kier molecular flexibility index (Phi) is 5.48. The minimum Gasteiger partial charge on any atom is -0.481 e. The van der Waals surface area contributed by atoms with Gasteiger partial charge < -0.3 is 19.3 Å². The molecule has 0 amide bonds. The lowest BCUT2D eigenvalue weighted by Crippen LogP contribution is -2.62. The van der Waals surface area contributed by atoms with Gasteiger partial charge in [-0.15, -0.1) is 0 Å². The third-order valence-corrected chi connectivity index (χ3v) is 11.8. The first-order valence-electron chi connectivity index (χ1n) is 15.2. The number of benzene rings is 1. The van der Waals surface area contributed by atoms with E-state index in [-0.39, 0.29) is 23.9 Å². The second kappa shape index (κ2) is 8.77. The largest absolute Gasteiger partial charge is 0.481 e. The van der Waals surface area contributed by atoms with Crippen molar-refractivity contribution in [3.8, 4) is 0 Å². The van der Waals surface area contributed by atoms with Crippen LogP contribution < -0.4 is 10.5 Å². The smallest absolute Gasteiger partial charge is 0.303 e. The number of aliphatic carboxylic acids is 1. The summed E-state index contributed by atoms with van der Waals surface area (Å²) < 4.78 is 8.18. The zero-order valence-electron chi connectivity index (χ0n) is 22.9. The van der Waals surface area contributed by atoms with Crippen LogP contribution in [0.25, 0.3) is 11.0 Å². The number of aromatic nitrogens is 2. The van der Waals surface area contributed by atoms with Gasteiger partial charge in [0.25, 0.3) is 5.56 Å². The molecule has 0 spiro atoms. The predicted molar refractivity (Wildman–Crippen MR) is 148 cm³/mol. The Morgan fingerprint density at radius 1 is 1.00 bits per heavy atom. The first kappa shape index (κ1) is 24.4. The summed E-state index contributed by atoms with van der Waals surface area (Å²) in [5, 5.41) is 9.17. The summed E-state index contributed by atoms with van der Waals surface area (Å²) >= 11 is 0. The summed E-state index contributed by atoms with van der Waals surface area (Å²) in [6, 6.07) is 9.46. The van der Waals surface area contributed by atoms with Crippen LogP contribution in [0.4, 0.5) is 5.82 Å². The average Bonchev–Trinajstić information content (AvgIpc) is 3.04. The Labute approximate surface area is 229 Å². The van der Waals surface area contributed by atoms with Crippen LogP contribution in [0, 0.1) is 29.1 Å². The second-order valence-corrected chi connectivity index (χ2v) is 14.0. The molecule has 4 heterocycles. The van der Waals surface area contributed by atoms with Crippen molar-refractivity contribution in [2.24, 2.45) is 29.1 Å². The number of anilines is 1. The molecule has 1 unspecified atom stereocenters. The van der Waals surface area contributed by atoms with Gasteiger partial charge in [-0.1, -0.05) is 19.1 Å². The van der Waals surface area contributed by atoms with Gasteiger partial charge in [0.15, 0.2) is 5.82 Å². The highest BCUT2D eigenvalue weighted by molar-refractivity contribution is 5.77. The lowest BCUT2D eigenvalue weighted by molar-refractivity contribution is -0.138. The molecule has 3 aliphatic carbocycles.